The molecule has 4 aromatic rings. The minimum absolute atomic E-state index is 0.0347. The lowest BCUT2D eigenvalue weighted by atomic mass is 10.0. The highest BCUT2D eigenvalue weighted by Gasteiger charge is 2.27. The van der Waals surface area contributed by atoms with E-state index in [2.05, 4.69) is 25.1 Å². The molecule has 0 bridgehead atoms. The van der Waals surface area contributed by atoms with Crippen LogP contribution in [-0.4, -0.2) is 37.3 Å². The van der Waals surface area contributed by atoms with Gasteiger partial charge in [-0.2, -0.15) is 0 Å². The maximum atomic E-state index is 13.7. The number of aromatic nitrogens is 1. The van der Waals surface area contributed by atoms with Crippen molar-refractivity contribution in [1.29, 1.82) is 0 Å². The first kappa shape index (κ1) is 20.9. The molecule has 32 heavy (non-hydrogen) atoms. The first-order chi connectivity index (χ1) is 15.6. The summed E-state index contributed by atoms with van der Waals surface area (Å²) in [5, 5.41) is 2.96. The van der Waals surface area contributed by atoms with E-state index in [1.807, 2.05) is 41.3 Å². The molecule has 5 nitrogen and oxygen atoms in total. The van der Waals surface area contributed by atoms with E-state index in [4.69, 9.17) is 14.5 Å². The third-order valence-electron chi connectivity index (χ3n) is 6.08. The van der Waals surface area contributed by atoms with Gasteiger partial charge in [-0.25, -0.2) is 4.98 Å². The Bertz CT molecular complexity index is 1270. The molecule has 1 aromatic heterocycles. The number of carbonyl (C=O) groups is 1. The van der Waals surface area contributed by atoms with E-state index < -0.39 is 0 Å². The minimum Gasteiger partial charge on any atom is -0.494 e. The van der Waals surface area contributed by atoms with Crippen molar-refractivity contribution in [1.82, 2.24) is 4.98 Å². The number of fused-ring (bicyclic) bond motifs is 2. The van der Waals surface area contributed by atoms with Crippen LogP contribution in [0.2, 0.25) is 0 Å². The van der Waals surface area contributed by atoms with Crippen LogP contribution in [0, 0.1) is 6.92 Å². The van der Waals surface area contributed by atoms with Crippen molar-refractivity contribution in [3.63, 3.8) is 0 Å². The number of anilines is 1. The van der Waals surface area contributed by atoms with Gasteiger partial charge in [-0.3, -0.25) is 9.69 Å². The number of aryl methyl sites for hydroxylation is 1. The predicted octanol–water partition coefficient (Wildman–Crippen LogP) is 5.52. The number of hydrogen-bond donors (Lipinski definition) is 0. The summed E-state index contributed by atoms with van der Waals surface area (Å²) in [5.74, 6) is 0.763. The number of carbonyl (C=O) groups excluding carboxylic acids is 1. The zero-order valence-electron chi connectivity index (χ0n) is 18.3. The van der Waals surface area contributed by atoms with Gasteiger partial charge in [-0.05, 0) is 47.7 Å². The largest absolute Gasteiger partial charge is 0.494 e. The van der Waals surface area contributed by atoms with Crippen molar-refractivity contribution < 1.29 is 14.3 Å². The Morgan fingerprint density at radius 2 is 2.03 bits per heavy atom. The zero-order chi connectivity index (χ0) is 22.1. The number of thiazole rings is 1. The monoisotopic (exact) mass is 446 g/mol. The van der Waals surface area contributed by atoms with Gasteiger partial charge in [-0.15, -0.1) is 0 Å². The van der Waals surface area contributed by atoms with Gasteiger partial charge < -0.3 is 9.47 Å². The predicted molar refractivity (Wildman–Crippen MR) is 130 cm³/mol. The molecule has 1 aliphatic rings. The van der Waals surface area contributed by atoms with Crippen LogP contribution in [-0.2, 0) is 16.0 Å². The Morgan fingerprint density at radius 1 is 1.19 bits per heavy atom. The molecule has 1 unspecified atom stereocenters. The van der Waals surface area contributed by atoms with Gasteiger partial charge >= 0.3 is 0 Å². The third kappa shape index (κ3) is 3.96. The van der Waals surface area contributed by atoms with Crippen LogP contribution in [0.5, 0.6) is 5.75 Å². The van der Waals surface area contributed by atoms with Gasteiger partial charge in [0.25, 0.3) is 0 Å². The van der Waals surface area contributed by atoms with Gasteiger partial charge in [0.2, 0.25) is 5.91 Å². The van der Waals surface area contributed by atoms with E-state index in [9.17, 15) is 4.79 Å². The maximum Gasteiger partial charge on any atom is 0.233 e. The highest BCUT2D eigenvalue weighted by atomic mass is 32.1. The van der Waals surface area contributed by atoms with Gasteiger partial charge in [0, 0.05) is 6.61 Å². The van der Waals surface area contributed by atoms with E-state index in [0.717, 1.165) is 57.3 Å². The van der Waals surface area contributed by atoms with Crippen molar-refractivity contribution in [2.75, 3.05) is 25.2 Å². The summed E-state index contributed by atoms with van der Waals surface area (Å²) in [5.41, 5.74) is 2.96. The molecule has 6 heteroatoms. The summed E-state index contributed by atoms with van der Waals surface area (Å²) in [6.45, 7) is 3.33. The minimum atomic E-state index is 0.0347. The van der Waals surface area contributed by atoms with Gasteiger partial charge in [-0.1, -0.05) is 59.9 Å². The van der Waals surface area contributed by atoms with Crippen molar-refractivity contribution in [2.24, 2.45) is 0 Å². The summed E-state index contributed by atoms with van der Waals surface area (Å²) in [7, 11) is 1.65. The summed E-state index contributed by atoms with van der Waals surface area (Å²) >= 11 is 1.55. The number of rotatable bonds is 6. The summed E-state index contributed by atoms with van der Waals surface area (Å²) < 4.78 is 12.5. The van der Waals surface area contributed by atoms with Crippen LogP contribution in [0.15, 0.2) is 54.6 Å². The van der Waals surface area contributed by atoms with Crippen LogP contribution in [0.1, 0.15) is 24.0 Å². The smallest absolute Gasteiger partial charge is 0.233 e. The molecule has 1 amide bonds. The highest BCUT2D eigenvalue weighted by Crippen LogP contribution is 2.37. The Kier molecular flexibility index (Phi) is 5.81. The Hall–Kier alpha value is -2.96. The fraction of sp³-hybridized carbons (Fsp3) is 0.308. The summed E-state index contributed by atoms with van der Waals surface area (Å²) in [4.78, 5) is 20.3. The van der Waals surface area contributed by atoms with Gasteiger partial charge in [0.1, 0.15) is 11.3 Å². The second kappa shape index (κ2) is 8.88. The molecule has 5 rings (SSSR count). The highest BCUT2D eigenvalue weighted by molar-refractivity contribution is 7.22. The number of methoxy groups -OCH3 is 1. The SMILES string of the molecule is COc1ccc(C)c2sc(N(CC3CCCO3)C(=O)Cc3cccc4ccccc34)nc12. The van der Waals surface area contributed by atoms with Crippen LogP contribution < -0.4 is 9.64 Å². The molecule has 164 valence electrons. The van der Waals surface area contributed by atoms with Gasteiger partial charge in [0.15, 0.2) is 5.13 Å². The number of hydrogen-bond acceptors (Lipinski definition) is 5. The zero-order valence-corrected chi connectivity index (χ0v) is 19.2. The molecule has 0 N–H and O–H groups in total. The molecule has 0 radical (unpaired) electrons. The average Bonchev–Trinajstić information content (AvgIpc) is 3.48. The van der Waals surface area contributed by atoms with Crippen molar-refractivity contribution in [3.05, 3.63) is 65.7 Å². The average molecular weight is 447 g/mol. The summed E-state index contributed by atoms with van der Waals surface area (Å²) in [6, 6.07) is 18.3. The number of nitrogens with zero attached hydrogens (tertiary/aromatic N) is 2. The van der Waals surface area contributed by atoms with E-state index in [1.165, 1.54) is 0 Å². The third-order valence-corrected chi connectivity index (χ3v) is 7.29. The Morgan fingerprint density at radius 3 is 2.84 bits per heavy atom. The molecule has 1 atom stereocenters. The van der Waals surface area contributed by atoms with Crippen LogP contribution in [0.4, 0.5) is 5.13 Å². The fourth-order valence-corrected chi connectivity index (χ4v) is 5.44. The Balaban J connectivity index is 1.53. The number of amides is 1. The van der Waals surface area contributed by atoms with Gasteiger partial charge in [0.05, 0.1) is 30.9 Å². The molecular formula is C26H26N2O3S. The molecule has 3 aromatic carbocycles. The van der Waals surface area contributed by atoms with Crippen molar-refractivity contribution in [2.45, 2.75) is 32.3 Å². The van der Waals surface area contributed by atoms with E-state index in [-0.39, 0.29) is 12.0 Å². The van der Waals surface area contributed by atoms with Crippen molar-refractivity contribution >= 4 is 43.4 Å². The number of benzene rings is 3. The topological polar surface area (TPSA) is 51.7 Å². The van der Waals surface area contributed by atoms with Crippen LogP contribution in [0.3, 0.4) is 0 Å². The second-order valence-electron chi connectivity index (χ2n) is 8.21. The van der Waals surface area contributed by atoms with E-state index >= 15 is 0 Å². The molecule has 0 saturated carbocycles. The second-order valence-corrected chi connectivity index (χ2v) is 9.19. The summed E-state index contributed by atoms with van der Waals surface area (Å²) in [6.07, 6.45) is 2.36. The van der Waals surface area contributed by atoms with Crippen molar-refractivity contribution in [3.8, 4) is 5.75 Å². The maximum absolute atomic E-state index is 13.7. The molecule has 2 heterocycles. The Labute approximate surface area is 191 Å². The lowest BCUT2D eigenvalue weighted by Crippen LogP contribution is -2.38. The lowest BCUT2D eigenvalue weighted by Gasteiger charge is -2.23. The first-order valence-corrected chi connectivity index (χ1v) is 11.8. The molecule has 1 saturated heterocycles. The van der Waals surface area contributed by atoms with Crippen LogP contribution in [0.25, 0.3) is 21.0 Å². The molecule has 1 aliphatic heterocycles. The van der Waals surface area contributed by atoms with Crippen LogP contribution >= 0.6 is 11.3 Å². The number of ether oxygens (including phenoxy) is 2. The molecular weight excluding hydrogens is 420 g/mol. The standard InChI is InChI=1S/C26H26N2O3S/c1-17-12-13-22(30-2)24-25(17)32-26(27-24)28(16-20-10-6-14-31-20)23(29)15-19-9-5-8-18-7-3-4-11-21(18)19/h3-5,7-9,11-13,20H,6,10,14-16H2,1-2H3. The molecule has 1 fully saturated rings. The van der Waals surface area contributed by atoms with E-state index in [0.29, 0.717) is 18.1 Å². The normalized spacial score (nSPS) is 16.0. The fourth-order valence-electron chi connectivity index (χ4n) is 4.36. The molecule has 0 aliphatic carbocycles. The molecule has 0 spiro atoms. The van der Waals surface area contributed by atoms with E-state index in [1.54, 1.807) is 18.4 Å². The quantitative estimate of drug-likeness (QED) is 0.391. The lowest BCUT2D eigenvalue weighted by molar-refractivity contribution is -0.118. The first-order valence-electron chi connectivity index (χ1n) is 11.0.